The predicted molar refractivity (Wildman–Crippen MR) is 73.2 cm³/mol. The minimum Gasteiger partial charge on any atom is -0.508 e. The van der Waals surface area contributed by atoms with Gasteiger partial charge in [-0.15, -0.1) is 0 Å². The van der Waals surface area contributed by atoms with Crippen LogP contribution in [0.4, 0.5) is 5.69 Å². The van der Waals surface area contributed by atoms with Gasteiger partial charge in [0.1, 0.15) is 5.75 Å². The molecular weight excluding hydrogens is 228 g/mol. The average Bonchev–Trinajstić information content (AvgIpc) is 2.38. The number of aromatic nitrogens is 1. The van der Waals surface area contributed by atoms with E-state index in [1.54, 1.807) is 19.2 Å². The summed E-state index contributed by atoms with van der Waals surface area (Å²) in [4.78, 5) is 4.51. The molecule has 0 spiro atoms. The van der Waals surface area contributed by atoms with Gasteiger partial charge in [0.05, 0.1) is 12.1 Å². The van der Waals surface area contributed by atoms with Crippen molar-refractivity contribution in [3.8, 4) is 5.75 Å². The first-order chi connectivity index (χ1) is 8.74. The van der Waals surface area contributed by atoms with Crippen LogP contribution in [0.15, 0.2) is 24.3 Å². The van der Waals surface area contributed by atoms with E-state index in [0.29, 0.717) is 6.61 Å². The van der Waals surface area contributed by atoms with Crippen LogP contribution < -0.4 is 5.32 Å². The standard InChI is InChI=1S/C14H18N2O2/c1-3-10-8-13(15-6-7-18-2)12-5-4-11(17)9-14(12)16-10/h4-5,8-9,17H,3,6-7H2,1-2H3,(H,15,16). The van der Waals surface area contributed by atoms with Gasteiger partial charge in [-0.3, -0.25) is 4.98 Å². The van der Waals surface area contributed by atoms with Gasteiger partial charge in [0.25, 0.3) is 0 Å². The van der Waals surface area contributed by atoms with E-state index >= 15 is 0 Å². The Morgan fingerprint density at radius 1 is 1.33 bits per heavy atom. The van der Waals surface area contributed by atoms with Gasteiger partial charge in [0.2, 0.25) is 0 Å². The van der Waals surface area contributed by atoms with Gasteiger partial charge in [-0.05, 0) is 24.6 Å². The minimum atomic E-state index is 0.242. The molecule has 1 aromatic carbocycles. The zero-order valence-electron chi connectivity index (χ0n) is 10.7. The van der Waals surface area contributed by atoms with Crippen molar-refractivity contribution in [3.63, 3.8) is 0 Å². The molecule has 2 rings (SSSR count). The molecule has 0 aliphatic rings. The first-order valence-electron chi connectivity index (χ1n) is 6.10. The summed E-state index contributed by atoms with van der Waals surface area (Å²) in [6.45, 7) is 3.47. The summed E-state index contributed by atoms with van der Waals surface area (Å²) in [6, 6.07) is 7.30. The van der Waals surface area contributed by atoms with Crippen molar-refractivity contribution in [3.05, 3.63) is 30.0 Å². The van der Waals surface area contributed by atoms with Gasteiger partial charge in [-0.1, -0.05) is 6.92 Å². The van der Waals surface area contributed by atoms with E-state index in [2.05, 4.69) is 23.3 Å². The molecule has 0 fully saturated rings. The fourth-order valence-corrected chi connectivity index (χ4v) is 1.89. The average molecular weight is 246 g/mol. The molecule has 4 nitrogen and oxygen atoms in total. The molecule has 96 valence electrons. The summed E-state index contributed by atoms with van der Waals surface area (Å²) in [5.74, 6) is 0.242. The number of aromatic hydroxyl groups is 1. The highest BCUT2D eigenvalue weighted by Crippen LogP contribution is 2.26. The van der Waals surface area contributed by atoms with E-state index in [1.807, 2.05) is 6.07 Å². The van der Waals surface area contributed by atoms with Gasteiger partial charge in [0.15, 0.2) is 0 Å². The van der Waals surface area contributed by atoms with Crippen LogP contribution >= 0.6 is 0 Å². The molecule has 18 heavy (non-hydrogen) atoms. The van der Waals surface area contributed by atoms with Crippen molar-refractivity contribution in [2.24, 2.45) is 0 Å². The fraction of sp³-hybridized carbons (Fsp3) is 0.357. The van der Waals surface area contributed by atoms with Gasteiger partial charge in [0, 0.05) is 36.5 Å². The highest BCUT2D eigenvalue weighted by Gasteiger charge is 2.05. The highest BCUT2D eigenvalue weighted by atomic mass is 16.5. The van der Waals surface area contributed by atoms with Crippen molar-refractivity contribution < 1.29 is 9.84 Å². The summed E-state index contributed by atoms with van der Waals surface area (Å²) in [6.07, 6.45) is 0.866. The molecule has 0 bridgehead atoms. The van der Waals surface area contributed by atoms with Crippen LogP contribution in [0.25, 0.3) is 10.9 Å². The molecule has 2 N–H and O–H groups in total. The number of benzene rings is 1. The second-order valence-electron chi connectivity index (χ2n) is 4.14. The number of nitrogens with one attached hydrogen (secondary N) is 1. The number of phenolic OH excluding ortho intramolecular Hbond substituents is 1. The van der Waals surface area contributed by atoms with Crippen LogP contribution in [0, 0.1) is 0 Å². The van der Waals surface area contributed by atoms with E-state index in [-0.39, 0.29) is 5.75 Å². The quantitative estimate of drug-likeness (QED) is 0.796. The zero-order valence-corrected chi connectivity index (χ0v) is 10.7. The summed E-state index contributed by atoms with van der Waals surface area (Å²) in [5, 5.41) is 13.9. The number of methoxy groups -OCH3 is 1. The van der Waals surface area contributed by atoms with Gasteiger partial charge in [-0.25, -0.2) is 0 Å². The number of fused-ring (bicyclic) bond motifs is 1. The van der Waals surface area contributed by atoms with Crippen LogP contribution in [-0.4, -0.2) is 30.4 Å². The van der Waals surface area contributed by atoms with Crippen LogP contribution in [-0.2, 0) is 11.2 Å². The Hall–Kier alpha value is -1.81. The first-order valence-corrected chi connectivity index (χ1v) is 6.10. The SMILES string of the molecule is CCc1cc(NCCOC)c2ccc(O)cc2n1. The molecule has 2 aromatic rings. The lowest BCUT2D eigenvalue weighted by Crippen LogP contribution is -2.08. The van der Waals surface area contributed by atoms with Gasteiger partial charge < -0.3 is 15.2 Å². The third-order valence-electron chi connectivity index (χ3n) is 2.83. The van der Waals surface area contributed by atoms with Gasteiger partial charge >= 0.3 is 0 Å². The molecule has 0 aliphatic heterocycles. The molecule has 0 saturated heterocycles. The Balaban J connectivity index is 2.41. The highest BCUT2D eigenvalue weighted by molar-refractivity contribution is 5.92. The van der Waals surface area contributed by atoms with Crippen LogP contribution in [0.2, 0.25) is 0 Å². The van der Waals surface area contributed by atoms with E-state index in [0.717, 1.165) is 35.2 Å². The number of nitrogens with zero attached hydrogens (tertiary/aromatic N) is 1. The molecule has 0 amide bonds. The maximum atomic E-state index is 9.52. The number of phenols is 1. The van der Waals surface area contributed by atoms with Crippen molar-refractivity contribution >= 4 is 16.6 Å². The van der Waals surface area contributed by atoms with E-state index in [4.69, 9.17) is 4.74 Å². The van der Waals surface area contributed by atoms with Crippen molar-refractivity contribution in [1.29, 1.82) is 0 Å². The molecule has 0 unspecified atom stereocenters. The Bertz CT molecular complexity index is 541. The molecule has 0 aliphatic carbocycles. The topological polar surface area (TPSA) is 54.4 Å². The van der Waals surface area contributed by atoms with Crippen molar-refractivity contribution in [2.75, 3.05) is 25.6 Å². The van der Waals surface area contributed by atoms with Crippen LogP contribution in [0.5, 0.6) is 5.75 Å². The van der Waals surface area contributed by atoms with Crippen molar-refractivity contribution in [1.82, 2.24) is 4.98 Å². The van der Waals surface area contributed by atoms with Gasteiger partial charge in [-0.2, -0.15) is 0 Å². The predicted octanol–water partition coefficient (Wildman–Crippen LogP) is 2.56. The third-order valence-corrected chi connectivity index (χ3v) is 2.83. The monoisotopic (exact) mass is 246 g/mol. The van der Waals surface area contributed by atoms with Crippen LogP contribution in [0.1, 0.15) is 12.6 Å². The number of hydrogen-bond acceptors (Lipinski definition) is 4. The van der Waals surface area contributed by atoms with E-state index < -0.39 is 0 Å². The summed E-state index contributed by atoms with van der Waals surface area (Å²) < 4.78 is 5.03. The largest absolute Gasteiger partial charge is 0.508 e. The molecule has 1 heterocycles. The molecule has 0 saturated carbocycles. The number of pyridine rings is 1. The minimum absolute atomic E-state index is 0.242. The summed E-state index contributed by atoms with van der Waals surface area (Å²) >= 11 is 0. The number of aryl methyl sites for hydroxylation is 1. The lowest BCUT2D eigenvalue weighted by Gasteiger charge is -2.11. The number of hydrogen-bond donors (Lipinski definition) is 2. The van der Waals surface area contributed by atoms with Crippen molar-refractivity contribution in [2.45, 2.75) is 13.3 Å². The molecule has 4 heteroatoms. The van der Waals surface area contributed by atoms with Crippen LogP contribution in [0.3, 0.4) is 0 Å². The zero-order chi connectivity index (χ0) is 13.0. The Labute approximate surface area is 107 Å². The summed E-state index contributed by atoms with van der Waals surface area (Å²) in [5.41, 5.74) is 2.86. The maximum Gasteiger partial charge on any atom is 0.117 e. The Morgan fingerprint density at radius 3 is 2.89 bits per heavy atom. The Kier molecular flexibility index (Phi) is 3.99. The number of anilines is 1. The Morgan fingerprint density at radius 2 is 2.17 bits per heavy atom. The van der Waals surface area contributed by atoms with E-state index in [1.165, 1.54) is 0 Å². The normalized spacial score (nSPS) is 10.8. The lowest BCUT2D eigenvalue weighted by molar-refractivity contribution is 0.211. The molecule has 0 atom stereocenters. The molecule has 1 aromatic heterocycles. The second kappa shape index (κ2) is 5.69. The lowest BCUT2D eigenvalue weighted by atomic mass is 10.1. The fourth-order valence-electron chi connectivity index (χ4n) is 1.89. The smallest absolute Gasteiger partial charge is 0.117 e. The second-order valence-corrected chi connectivity index (χ2v) is 4.14. The number of ether oxygens (including phenoxy) is 1. The maximum absolute atomic E-state index is 9.52. The van der Waals surface area contributed by atoms with E-state index in [9.17, 15) is 5.11 Å². The first kappa shape index (κ1) is 12.6. The summed E-state index contributed by atoms with van der Waals surface area (Å²) in [7, 11) is 1.68. The third kappa shape index (κ3) is 2.71. The molecular formula is C14H18N2O2. The molecule has 0 radical (unpaired) electrons. The number of rotatable bonds is 5.